The summed E-state index contributed by atoms with van der Waals surface area (Å²) >= 11 is 0. The fourth-order valence-electron chi connectivity index (χ4n) is 2.95. The van der Waals surface area contributed by atoms with E-state index >= 15 is 0 Å². The molecule has 0 atom stereocenters. The summed E-state index contributed by atoms with van der Waals surface area (Å²) in [6.45, 7) is 2.45. The Kier molecular flexibility index (Phi) is 5.48. The van der Waals surface area contributed by atoms with Crippen LogP contribution >= 0.6 is 0 Å². The molecule has 1 fully saturated rings. The van der Waals surface area contributed by atoms with Crippen LogP contribution in [0.5, 0.6) is 5.75 Å². The number of nitrogens with one attached hydrogen (secondary N) is 1. The van der Waals surface area contributed by atoms with Crippen molar-refractivity contribution in [1.82, 2.24) is 9.78 Å². The van der Waals surface area contributed by atoms with Crippen LogP contribution in [-0.2, 0) is 6.54 Å². The van der Waals surface area contributed by atoms with E-state index < -0.39 is 0 Å². The molecule has 1 aliphatic carbocycles. The van der Waals surface area contributed by atoms with E-state index in [9.17, 15) is 9.59 Å². The van der Waals surface area contributed by atoms with Crippen LogP contribution < -0.4 is 15.6 Å². The van der Waals surface area contributed by atoms with Crippen molar-refractivity contribution in [1.29, 1.82) is 0 Å². The number of carbonyl (C=O) groups is 1. The van der Waals surface area contributed by atoms with Gasteiger partial charge in [0.1, 0.15) is 11.4 Å². The number of anilines is 1. The first kappa shape index (κ1) is 17.2. The third-order valence-corrected chi connectivity index (χ3v) is 4.25. The Labute approximate surface area is 146 Å². The highest BCUT2D eigenvalue weighted by Gasteiger charge is 2.16. The Morgan fingerprint density at radius 2 is 1.92 bits per heavy atom. The molecule has 1 aliphatic rings. The molecule has 0 aliphatic heterocycles. The number of rotatable bonds is 6. The molecule has 25 heavy (non-hydrogen) atoms. The molecule has 0 spiro atoms. The first-order chi connectivity index (χ1) is 12.2. The number of aromatic nitrogens is 2. The molecule has 1 aromatic heterocycles. The molecule has 0 bridgehead atoms. The number of benzene rings is 1. The second kappa shape index (κ2) is 7.96. The first-order valence-corrected chi connectivity index (χ1v) is 8.82. The van der Waals surface area contributed by atoms with Crippen LogP contribution in [-0.4, -0.2) is 21.8 Å². The lowest BCUT2D eigenvalue weighted by Crippen LogP contribution is -2.26. The summed E-state index contributed by atoms with van der Waals surface area (Å²) in [4.78, 5) is 24.0. The van der Waals surface area contributed by atoms with Gasteiger partial charge in [0.2, 0.25) is 0 Å². The van der Waals surface area contributed by atoms with Crippen LogP contribution in [0.4, 0.5) is 5.69 Å². The van der Waals surface area contributed by atoms with Crippen molar-refractivity contribution in [2.45, 2.75) is 51.7 Å². The lowest BCUT2D eigenvalue weighted by Gasteiger charge is -2.13. The van der Waals surface area contributed by atoms with Gasteiger partial charge in [-0.3, -0.25) is 9.59 Å². The average molecular weight is 341 g/mol. The van der Waals surface area contributed by atoms with Gasteiger partial charge in [-0.15, -0.1) is 0 Å². The van der Waals surface area contributed by atoms with Gasteiger partial charge in [-0.25, -0.2) is 4.68 Å². The molecular weight excluding hydrogens is 318 g/mol. The third kappa shape index (κ3) is 4.47. The lowest BCUT2D eigenvalue weighted by atomic mass is 10.2. The van der Waals surface area contributed by atoms with E-state index in [2.05, 4.69) is 10.4 Å². The number of hydrogen-bond acceptors (Lipinski definition) is 4. The fourth-order valence-corrected chi connectivity index (χ4v) is 2.95. The molecule has 0 saturated heterocycles. The summed E-state index contributed by atoms with van der Waals surface area (Å²) in [6.07, 6.45) is 5.76. The highest BCUT2D eigenvalue weighted by Crippen LogP contribution is 2.25. The first-order valence-electron chi connectivity index (χ1n) is 8.82. The standard InChI is InChI=1S/C19H23N3O3/c1-2-13-22-18(23)12-11-17(21-22)19(24)20-14-7-9-16(10-8-14)25-15-5-3-4-6-15/h7-12,15H,2-6,13H2,1H3,(H,20,24). The maximum Gasteiger partial charge on any atom is 0.276 e. The minimum atomic E-state index is -0.339. The number of carbonyl (C=O) groups excluding carboxylic acids is 1. The van der Waals surface area contributed by atoms with E-state index in [0.29, 0.717) is 18.3 Å². The number of nitrogens with zero attached hydrogens (tertiary/aromatic N) is 2. The number of amides is 1. The van der Waals surface area contributed by atoms with Gasteiger partial charge in [0.15, 0.2) is 0 Å². The zero-order valence-electron chi connectivity index (χ0n) is 14.4. The van der Waals surface area contributed by atoms with E-state index in [1.165, 1.54) is 29.7 Å². The molecule has 1 N–H and O–H groups in total. The molecule has 132 valence electrons. The van der Waals surface area contributed by atoms with Crippen molar-refractivity contribution in [3.8, 4) is 5.75 Å². The number of ether oxygens (including phenoxy) is 1. The molecule has 1 aromatic carbocycles. The predicted molar refractivity (Wildman–Crippen MR) is 96.1 cm³/mol. The summed E-state index contributed by atoms with van der Waals surface area (Å²) in [5.74, 6) is 0.480. The minimum absolute atomic E-state index is 0.202. The number of aryl methyl sites for hydroxylation is 1. The zero-order chi connectivity index (χ0) is 17.6. The Morgan fingerprint density at radius 1 is 1.20 bits per heavy atom. The van der Waals surface area contributed by atoms with Crippen molar-refractivity contribution < 1.29 is 9.53 Å². The molecule has 0 radical (unpaired) electrons. The van der Waals surface area contributed by atoms with Gasteiger partial charge in [0, 0.05) is 18.3 Å². The van der Waals surface area contributed by atoms with Crippen molar-refractivity contribution in [2.24, 2.45) is 0 Å². The van der Waals surface area contributed by atoms with Crippen LogP contribution in [0.25, 0.3) is 0 Å². The van der Waals surface area contributed by atoms with Crippen LogP contribution in [0, 0.1) is 0 Å². The minimum Gasteiger partial charge on any atom is -0.490 e. The van der Waals surface area contributed by atoms with Crippen LogP contribution in [0.1, 0.15) is 49.5 Å². The smallest absolute Gasteiger partial charge is 0.276 e. The highest BCUT2D eigenvalue weighted by molar-refractivity contribution is 6.02. The Hall–Kier alpha value is -2.63. The summed E-state index contributed by atoms with van der Waals surface area (Å²) < 4.78 is 7.23. The van der Waals surface area contributed by atoms with Gasteiger partial charge in [0.25, 0.3) is 11.5 Å². The maximum absolute atomic E-state index is 12.3. The molecule has 1 heterocycles. The summed E-state index contributed by atoms with van der Waals surface area (Å²) in [5.41, 5.74) is 0.685. The normalized spacial score (nSPS) is 14.4. The molecule has 6 heteroatoms. The van der Waals surface area contributed by atoms with Crippen molar-refractivity contribution in [2.75, 3.05) is 5.32 Å². The highest BCUT2D eigenvalue weighted by atomic mass is 16.5. The van der Waals surface area contributed by atoms with Gasteiger partial charge >= 0.3 is 0 Å². The average Bonchev–Trinajstić information content (AvgIpc) is 3.12. The Bertz CT molecular complexity index is 777. The summed E-state index contributed by atoms with van der Waals surface area (Å²) in [7, 11) is 0. The van der Waals surface area contributed by atoms with E-state index in [-0.39, 0.29) is 17.2 Å². The van der Waals surface area contributed by atoms with Gasteiger partial charge in [0.05, 0.1) is 6.10 Å². The van der Waals surface area contributed by atoms with Crippen molar-refractivity contribution in [3.63, 3.8) is 0 Å². The molecule has 2 aromatic rings. The van der Waals surface area contributed by atoms with Gasteiger partial charge in [-0.2, -0.15) is 5.10 Å². The van der Waals surface area contributed by atoms with Gasteiger partial charge in [-0.1, -0.05) is 6.92 Å². The molecule has 1 amide bonds. The zero-order valence-corrected chi connectivity index (χ0v) is 14.4. The van der Waals surface area contributed by atoms with Crippen molar-refractivity contribution >= 4 is 11.6 Å². The van der Waals surface area contributed by atoms with Gasteiger partial charge in [-0.05, 0) is 62.4 Å². The molecule has 6 nitrogen and oxygen atoms in total. The van der Waals surface area contributed by atoms with Crippen LogP contribution in [0.3, 0.4) is 0 Å². The largest absolute Gasteiger partial charge is 0.490 e. The lowest BCUT2D eigenvalue weighted by molar-refractivity contribution is 0.101. The second-order valence-corrected chi connectivity index (χ2v) is 6.28. The maximum atomic E-state index is 12.3. The Balaban J connectivity index is 1.64. The van der Waals surface area contributed by atoms with Crippen LogP contribution in [0.15, 0.2) is 41.2 Å². The second-order valence-electron chi connectivity index (χ2n) is 6.28. The fraction of sp³-hybridized carbons (Fsp3) is 0.421. The quantitative estimate of drug-likeness (QED) is 0.875. The molecule has 0 unspecified atom stereocenters. The van der Waals surface area contributed by atoms with E-state index in [0.717, 1.165) is 25.0 Å². The predicted octanol–water partition coefficient (Wildman–Crippen LogP) is 3.23. The Morgan fingerprint density at radius 3 is 2.60 bits per heavy atom. The van der Waals surface area contributed by atoms with Crippen molar-refractivity contribution in [3.05, 3.63) is 52.4 Å². The monoisotopic (exact) mass is 341 g/mol. The summed E-state index contributed by atoms with van der Waals surface area (Å²) in [6, 6.07) is 10.2. The van der Waals surface area contributed by atoms with E-state index in [1.54, 1.807) is 0 Å². The van der Waals surface area contributed by atoms with E-state index in [4.69, 9.17) is 4.74 Å². The SMILES string of the molecule is CCCn1nc(C(=O)Nc2ccc(OC3CCCC3)cc2)ccc1=O. The van der Waals surface area contributed by atoms with Crippen LogP contribution in [0.2, 0.25) is 0 Å². The molecular formula is C19H23N3O3. The molecule has 1 saturated carbocycles. The van der Waals surface area contributed by atoms with Gasteiger partial charge < -0.3 is 10.1 Å². The van der Waals surface area contributed by atoms with E-state index in [1.807, 2.05) is 31.2 Å². The summed E-state index contributed by atoms with van der Waals surface area (Å²) in [5, 5.41) is 6.91. The topological polar surface area (TPSA) is 73.2 Å². The third-order valence-electron chi connectivity index (χ3n) is 4.25. The number of hydrogen-bond donors (Lipinski definition) is 1. The molecule has 3 rings (SSSR count).